The normalized spacial score (nSPS) is 12.7. The predicted octanol–water partition coefficient (Wildman–Crippen LogP) is 10.4. The van der Waals surface area contributed by atoms with E-state index in [1.165, 1.54) is 19.3 Å². The summed E-state index contributed by atoms with van der Waals surface area (Å²) in [6, 6.07) is 15.9. The Morgan fingerprint density at radius 1 is 0.594 bits per heavy atom. The van der Waals surface area contributed by atoms with Crippen LogP contribution < -0.4 is 9.64 Å². The van der Waals surface area contributed by atoms with Crippen LogP contribution in [0.1, 0.15) is 32.6 Å². The van der Waals surface area contributed by atoms with Gasteiger partial charge in [0.1, 0.15) is 0 Å². The summed E-state index contributed by atoms with van der Waals surface area (Å²) in [4.78, 5) is 2.34. The molecule has 6 heteroatoms. The van der Waals surface area contributed by atoms with Gasteiger partial charge < -0.3 is 9.64 Å². The van der Waals surface area contributed by atoms with Crippen LogP contribution in [0.4, 0.5) is 11.4 Å². The average Bonchev–Trinajstić information content (AvgIpc) is 2.76. The Kier molecular flexibility index (Phi) is 6.07. The molecule has 32 heavy (non-hydrogen) atoms. The molecule has 4 aromatic rings. The molecule has 0 saturated heterocycles. The summed E-state index contributed by atoms with van der Waals surface area (Å²) in [7, 11) is 0. The number of unbranched alkanes of at least 4 members (excludes halogenated alkanes) is 3. The van der Waals surface area contributed by atoms with E-state index in [-0.39, 0.29) is 0 Å². The van der Waals surface area contributed by atoms with Gasteiger partial charge in [-0.1, -0.05) is 72.6 Å². The maximum absolute atomic E-state index is 6.40. The molecule has 0 aliphatic carbocycles. The van der Waals surface area contributed by atoms with Gasteiger partial charge in [0.2, 0.25) is 0 Å². The SMILES string of the molecule is CCCCCCN1c2cc3cc(Cl)c(Cl)cc3cc2Oc2cc3cc(Cl)c(Cl)cc3cc21. The van der Waals surface area contributed by atoms with E-state index in [2.05, 4.69) is 24.0 Å². The third-order valence-corrected chi connectivity index (χ3v) is 7.40. The zero-order valence-electron chi connectivity index (χ0n) is 17.5. The molecular formula is C26H21Cl4NO. The highest BCUT2D eigenvalue weighted by Crippen LogP contribution is 2.50. The van der Waals surface area contributed by atoms with Crippen molar-refractivity contribution in [1.29, 1.82) is 0 Å². The number of ether oxygens (including phenoxy) is 1. The van der Waals surface area contributed by atoms with Gasteiger partial charge in [0.15, 0.2) is 11.5 Å². The van der Waals surface area contributed by atoms with Gasteiger partial charge in [-0.05, 0) is 76.5 Å². The Bertz CT molecular complexity index is 1250. The Morgan fingerprint density at radius 2 is 1.03 bits per heavy atom. The first-order valence-electron chi connectivity index (χ1n) is 10.8. The summed E-state index contributed by atoms with van der Waals surface area (Å²) in [5.74, 6) is 1.61. The predicted molar refractivity (Wildman–Crippen MR) is 139 cm³/mol. The molecule has 0 saturated carbocycles. The molecule has 0 fully saturated rings. The number of benzene rings is 4. The van der Waals surface area contributed by atoms with E-state index < -0.39 is 0 Å². The number of nitrogens with zero attached hydrogens (tertiary/aromatic N) is 1. The lowest BCUT2D eigenvalue weighted by Gasteiger charge is -2.33. The van der Waals surface area contributed by atoms with E-state index in [1.807, 2.05) is 36.4 Å². The molecule has 1 aliphatic rings. The summed E-state index contributed by atoms with van der Waals surface area (Å²) in [6.45, 7) is 3.12. The molecule has 4 aromatic carbocycles. The highest BCUT2D eigenvalue weighted by Gasteiger charge is 2.26. The standard InChI is InChI=1S/C26H21Cl4NO/c1-2-3-4-5-6-31-23-11-15-7-19(27)21(29)9-17(15)13-25(23)32-26-14-18-10-22(30)20(28)8-16(18)12-24(26)31/h7-14H,2-6H2,1H3. The molecule has 2 nitrogen and oxygen atoms in total. The van der Waals surface area contributed by atoms with Crippen molar-refractivity contribution < 1.29 is 4.74 Å². The highest BCUT2D eigenvalue weighted by atomic mass is 35.5. The van der Waals surface area contributed by atoms with Crippen molar-refractivity contribution in [3.63, 3.8) is 0 Å². The quantitative estimate of drug-likeness (QED) is 0.250. The van der Waals surface area contributed by atoms with Gasteiger partial charge in [-0.3, -0.25) is 0 Å². The summed E-state index contributed by atoms with van der Waals surface area (Å²) < 4.78 is 6.40. The molecule has 0 radical (unpaired) electrons. The topological polar surface area (TPSA) is 12.5 Å². The zero-order chi connectivity index (χ0) is 22.4. The Labute approximate surface area is 207 Å². The highest BCUT2D eigenvalue weighted by molar-refractivity contribution is 6.43. The smallest absolute Gasteiger partial charge is 0.151 e. The van der Waals surface area contributed by atoms with E-state index in [0.717, 1.165) is 57.4 Å². The summed E-state index contributed by atoms with van der Waals surface area (Å²) in [6.07, 6.45) is 4.69. The minimum Gasteiger partial charge on any atom is -0.453 e. The minimum atomic E-state index is 0.532. The van der Waals surface area contributed by atoms with E-state index >= 15 is 0 Å². The first-order chi connectivity index (χ1) is 15.4. The molecule has 0 N–H and O–H groups in total. The molecule has 0 unspecified atom stereocenters. The number of halogens is 4. The molecular weight excluding hydrogens is 484 g/mol. The van der Waals surface area contributed by atoms with Crippen LogP contribution in [0.3, 0.4) is 0 Å². The van der Waals surface area contributed by atoms with Crippen molar-refractivity contribution in [2.75, 3.05) is 11.4 Å². The van der Waals surface area contributed by atoms with Crippen LogP contribution in [-0.2, 0) is 0 Å². The fourth-order valence-corrected chi connectivity index (χ4v) is 4.98. The lowest BCUT2D eigenvalue weighted by molar-refractivity contribution is 0.473. The molecule has 0 bridgehead atoms. The number of hydrogen-bond donors (Lipinski definition) is 0. The second-order valence-corrected chi connectivity index (χ2v) is 9.81. The molecule has 1 aliphatic heterocycles. The molecule has 164 valence electrons. The van der Waals surface area contributed by atoms with Gasteiger partial charge in [0, 0.05) is 6.54 Å². The van der Waals surface area contributed by atoms with Crippen molar-refractivity contribution in [2.24, 2.45) is 0 Å². The maximum Gasteiger partial charge on any atom is 0.151 e. The second-order valence-electron chi connectivity index (χ2n) is 8.18. The zero-order valence-corrected chi connectivity index (χ0v) is 20.5. The summed E-state index contributed by atoms with van der Waals surface area (Å²) >= 11 is 25.1. The van der Waals surface area contributed by atoms with Crippen LogP contribution in [0.15, 0.2) is 48.5 Å². The van der Waals surface area contributed by atoms with E-state index in [0.29, 0.717) is 20.1 Å². The fraction of sp³-hybridized carbons (Fsp3) is 0.231. The molecule has 0 amide bonds. The molecule has 5 rings (SSSR count). The number of anilines is 2. The van der Waals surface area contributed by atoms with E-state index in [1.54, 1.807) is 0 Å². The first-order valence-corrected chi connectivity index (χ1v) is 12.3. The largest absolute Gasteiger partial charge is 0.453 e. The molecule has 0 atom stereocenters. The number of rotatable bonds is 5. The van der Waals surface area contributed by atoms with E-state index in [9.17, 15) is 0 Å². The van der Waals surface area contributed by atoms with Crippen LogP contribution >= 0.6 is 46.4 Å². The van der Waals surface area contributed by atoms with Crippen LogP contribution in [0.5, 0.6) is 11.5 Å². The van der Waals surface area contributed by atoms with Crippen LogP contribution in [0, 0.1) is 0 Å². The molecule has 0 aromatic heterocycles. The van der Waals surface area contributed by atoms with E-state index in [4.69, 9.17) is 51.1 Å². The van der Waals surface area contributed by atoms with Crippen molar-refractivity contribution in [3.05, 3.63) is 68.6 Å². The molecule has 1 heterocycles. The van der Waals surface area contributed by atoms with Crippen LogP contribution in [0.2, 0.25) is 20.1 Å². The Balaban J connectivity index is 1.66. The van der Waals surface area contributed by atoms with Gasteiger partial charge >= 0.3 is 0 Å². The van der Waals surface area contributed by atoms with Crippen LogP contribution in [0.25, 0.3) is 21.5 Å². The van der Waals surface area contributed by atoms with Gasteiger partial charge in [0.05, 0.1) is 31.5 Å². The Hall–Kier alpha value is -1.84. The summed E-state index contributed by atoms with van der Waals surface area (Å²) in [5.41, 5.74) is 2.05. The van der Waals surface area contributed by atoms with Crippen molar-refractivity contribution >= 4 is 79.3 Å². The second kappa shape index (κ2) is 8.83. The van der Waals surface area contributed by atoms with Gasteiger partial charge in [-0.25, -0.2) is 0 Å². The number of fused-ring (bicyclic) bond motifs is 4. The van der Waals surface area contributed by atoms with Crippen molar-refractivity contribution in [1.82, 2.24) is 0 Å². The van der Waals surface area contributed by atoms with Gasteiger partial charge in [-0.2, -0.15) is 0 Å². The fourth-order valence-electron chi connectivity index (χ4n) is 4.29. The van der Waals surface area contributed by atoms with Gasteiger partial charge in [-0.15, -0.1) is 0 Å². The van der Waals surface area contributed by atoms with Crippen molar-refractivity contribution in [2.45, 2.75) is 32.6 Å². The van der Waals surface area contributed by atoms with Crippen molar-refractivity contribution in [3.8, 4) is 11.5 Å². The Morgan fingerprint density at radius 3 is 1.47 bits per heavy atom. The molecule has 0 spiro atoms. The summed E-state index contributed by atoms with van der Waals surface area (Å²) in [5, 5.41) is 6.19. The number of hydrogen-bond acceptors (Lipinski definition) is 2. The maximum atomic E-state index is 6.40. The third-order valence-electron chi connectivity index (χ3n) is 5.95. The van der Waals surface area contributed by atoms with Gasteiger partial charge in [0.25, 0.3) is 0 Å². The minimum absolute atomic E-state index is 0.532. The average molecular weight is 505 g/mol. The lowest BCUT2D eigenvalue weighted by Crippen LogP contribution is -2.22. The first kappa shape index (κ1) is 22.0. The van der Waals surface area contributed by atoms with Crippen LogP contribution in [-0.4, -0.2) is 6.54 Å². The lowest BCUT2D eigenvalue weighted by atomic mass is 10.0. The monoisotopic (exact) mass is 503 g/mol. The third kappa shape index (κ3) is 3.99.